The van der Waals surface area contributed by atoms with Crippen molar-refractivity contribution in [3.8, 4) is 0 Å². The van der Waals surface area contributed by atoms with Crippen molar-refractivity contribution in [2.45, 2.75) is 30.4 Å². The number of pyridine rings is 1. The van der Waals surface area contributed by atoms with Gasteiger partial charge in [-0.2, -0.15) is 16.5 Å². The second-order valence-corrected chi connectivity index (χ2v) is 10.2. The molecule has 0 aliphatic heterocycles. The third kappa shape index (κ3) is 7.31. The van der Waals surface area contributed by atoms with Gasteiger partial charge in [0.1, 0.15) is 6.04 Å². The first-order chi connectivity index (χ1) is 15.9. The minimum Gasteiger partial charge on any atom is -0.351 e. The fraction of sp³-hybridized carbons (Fsp3) is 0.250. The molecule has 0 aliphatic carbocycles. The first-order valence-corrected chi connectivity index (χ1v) is 13.3. The van der Waals surface area contributed by atoms with Crippen LogP contribution in [-0.4, -0.2) is 36.9 Å². The zero-order chi connectivity index (χ0) is 23.7. The highest BCUT2D eigenvalue weighted by atomic mass is 32.2. The van der Waals surface area contributed by atoms with Gasteiger partial charge in [0.05, 0.1) is 11.4 Å². The number of rotatable bonds is 11. The van der Waals surface area contributed by atoms with Crippen LogP contribution >= 0.6 is 11.8 Å². The fourth-order valence-electron chi connectivity index (χ4n) is 3.20. The van der Waals surface area contributed by atoms with E-state index < -0.39 is 16.1 Å². The lowest BCUT2D eigenvalue weighted by atomic mass is 10.1. The van der Waals surface area contributed by atoms with Gasteiger partial charge in [0, 0.05) is 18.8 Å². The van der Waals surface area contributed by atoms with E-state index in [2.05, 4.69) is 10.0 Å². The van der Waals surface area contributed by atoms with E-state index in [-0.39, 0.29) is 22.9 Å². The summed E-state index contributed by atoms with van der Waals surface area (Å²) in [4.78, 5) is 24.8. The molecule has 33 heavy (non-hydrogen) atoms. The van der Waals surface area contributed by atoms with Crippen LogP contribution in [0.1, 0.15) is 17.5 Å². The Morgan fingerprint density at radius 3 is 2.30 bits per heavy atom. The number of nitrogens with zero attached hydrogens (tertiary/aromatic N) is 1. The van der Waals surface area contributed by atoms with Gasteiger partial charge in [-0.1, -0.05) is 48.5 Å². The van der Waals surface area contributed by atoms with E-state index in [1.54, 1.807) is 46.8 Å². The Kier molecular flexibility index (Phi) is 8.87. The summed E-state index contributed by atoms with van der Waals surface area (Å²) in [5.41, 5.74) is 1.77. The van der Waals surface area contributed by atoms with Crippen LogP contribution in [0, 0.1) is 0 Å². The molecule has 0 aliphatic rings. The SMILES string of the molecule is CSCCC(NS(=O)(=O)c1ccccc1)C(=O)NCc1ccc(Cn2ccccc2=O)cc1. The molecular formula is C24H27N3O4S2. The lowest BCUT2D eigenvalue weighted by Gasteiger charge is -2.18. The highest BCUT2D eigenvalue weighted by Crippen LogP contribution is 2.11. The quantitative estimate of drug-likeness (QED) is 0.435. The molecule has 0 radical (unpaired) electrons. The van der Waals surface area contributed by atoms with Gasteiger partial charge < -0.3 is 9.88 Å². The van der Waals surface area contributed by atoms with Crippen LogP contribution in [0.15, 0.2) is 88.7 Å². The van der Waals surface area contributed by atoms with Gasteiger partial charge in [-0.05, 0) is 47.8 Å². The molecule has 1 unspecified atom stereocenters. The maximum absolute atomic E-state index is 12.8. The van der Waals surface area contributed by atoms with Crippen LogP contribution in [0.4, 0.5) is 0 Å². The molecule has 0 bridgehead atoms. The number of thioether (sulfide) groups is 1. The van der Waals surface area contributed by atoms with Crippen LogP contribution in [0.25, 0.3) is 0 Å². The molecule has 7 nitrogen and oxygen atoms in total. The Balaban J connectivity index is 1.61. The number of aromatic nitrogens is 1. The molecule has 9 heteroatoms. The molecule has 3 rings (SSSR count). The number of amides is 1. The van der Waals surface area contributed by atoms with E-state index in [4.69, 9.17) is 0 Å². The minimum absolute atomic E-state index is 0.0666. The molecule has 0 fully saturated rings. The third-order valence-corrected chi connectivity index (χ3v) is 7.15. The van der Waals surface area contributed by atoms with Crippen molar-refractivity contribution in [2.75, 3.05) is 12.0 Å². The molecule has 0 saturated carbocycles. The number of carbonyl (C=O) groups excluding carboxylic acids is 1. The summed E-state index contributed by atoms with van der Waals surface area (Å²) >= 11 is 1.55. The highest BCUT2D eigenvalue weighted by Gasteiger charge is 2.25. The maximum atomic E-state index is 12.8. The van der Waals surface area contributed by atoms with Crippen molar-refractivity contribution < 1.29 is 13.2 Å². The molecule has 0 saturated heterocycles. The second kappa shape index (κ2) is 11.8. The summed E-state index contributed by atoms with van der Waals surface area (Å²) in [6.45, 7) is 0.734. The predicted molar refractivity (Wildman–Crippen MR) is 132 cm³/mol. The van der Waals surface area contributed by atoms with Crippen molar-refractivity contribution >= 4 is 27.7 Å². The third-order valence-electron chi connectivity index (χ3n) is 5.02. The normalized spacial score (nSPS) is 12.3. The van der Waals surface area contributed by atoms with Crippen LogP contribution < -0.4 is 15.6 Å². The van der Waals surface area contributed by atoms with E-state index in [0.717, 1.165) is 11.1 Å². The standard InChI is InChI=1S/C24H27N3O4S2/c1-32-16-14-22(26-33(30,31)21-7-3-2-4-8-21)24(29)25-17-19-10-12-20(13-11-19)18-27-15-6-5-9-23(27)28/h2-13,15,22,26H,14,16-18H2,1H3,(H,25,29). The van der Waals surface area contributed by atoms with Crippen LogP contribution in [-0.2, 0) is 27.9 Å². The summed E-state index contributed by atoms with van der Waals surface area (Å²) in [5.74, 6) is 0.270. The topological polar surface area (TPSA) is 97.3 Å². The lowest BCUT2D eigenvalue weighted by molar-refractivity contribution is -0.122. The monoisotopic (exact) mass is 485 g/mol. The molecule has 0 spiro atoms. The Morgan fingerprint density at radius 1 is 0.970 bits per heavy atom. The Morgan fingerprint density at radius 2 is 1.64 bits per heavy atom. The molecular weight excluding hydrogens is 458 g/mol. The molecule has 3 aromatic rings. The van der Waals surface area contributed by atoms with E-state index >= 15 is 0 Å². The van der Waals surface area contributed by atoms with Gasteiger partial charge >= 0.3 is 0 Å². The van der Waals surface area contributed by atoms with Gasteiger partial charge in [-0.25, -0.2) is 8.42 Å². The van der Waals surface area contributed by atoms with Gasteiger partial charge in [0.2, 0.25) is 15.9 Å². The molecule has 2 aromatic carbocycles. The van der Waals surface area contributed by atoms with Crippen molar-refractivity contribution in [1.29, 1.82) is 0 Å². The summed E-state index contributed by atoms with van der Waals surface area (Å²) < 4.78 is 29.5. The predicted octanol–water partition coefficient (Wildman–Crippen LogP) is 2.61. The molecule has 1 atom stereocenters. The number of nitrogens with one attached hydrogen (secondary N) is 2. The summed E-state index contributed by atoms with van der Waals surface area (Å²) in [7, 11) is -3.80. The number of carbonyl (C=O) groups is 1. The Labute approximate surface area is 198 Å². The van der Waals surface area contributed by atoms with Gasteiger partial charge in [-0.3, -0.25) is 9.59 Å². The van der Waals surface area contributed by atoms with Gasteiger partial charge in [0.15, 0.2) is 0 Å². The van der Waals surface area contributed by atoms with E-state index in [1.807, 2.05) is 36.6 Å². The Hall–Kier alpha value is -2.88. The average Bonchev–Trinajstić information content (AvgIpc) is 2.83. The van der Waals surface area contributed by atoms with Crippen molar-refractivity contribution in [2.24, 2.45) is 0 Å². The smallest absolute Gasteiger partial charge is 0.250 e. The largest absolute Gasteiger partial charge is 0.351 e. The maximum Gasteiger partial charge on any atom is 0.250 e. The number of hydrogen-bond acceptors (Lipinski definition) is 5. The molecule has 1 amide bonds. The Bertz CT molecular complexity index is 1210. The fourth-order valence-corrected chi connectivity index (χ4v) is 4.92. The van der Waals surface area contributed by atoms with E-state index in [1.165, 1.54) is 18.2 Å². The summed E-state index contributed by atoms with van der Waals surface area (Å²) in [6.07, 6.45) is 4.03. The van der Waals surface area contributed by atoms with E-state index in [9.17, 15) is 18.0 Å². The van der Waals surface area contributed by atoms with Gasteiger partial charge in [0.25, 0.3) is 5.56 Å². The average molecular weight is 486 g/mol. The van der Waals surface area contributed by atoms with Gasteiger partial charge in [-0.15, -0.1) is 0 Å². The first-order valence-electron chi connectivity index (χ1n) is 10.5. The number of benzene rings is 2. The zero-order valence-electron chi connectivity index (χ0n) is 18.3. The van der Waals surface area contributed by atoms with Crippen molar-refractivity contribution in [1.82, 2.24) is 14.6 Å². The van der Waals surface area contributed by atoms with Crippen LogP contribution in [0.5, 0.6) is 0 Å². The van der Waals surface area contributed by atoms with Crippen LogP contribution in [0.3, 0.4) is 0 Å². The van der Waals surface area contributed by atoms with Crippen molar-refractivity contribution in [3.63, 3.8) is 0 Å². The number of hydrogen-bond donors (Lipinski definition) is 2. The molecule has 1 aromatic heterocycles. The summed E-state index contributed by atoms with van der Waals surface area (Å²) in [6, 6.07) is 19.8. The second-order valence-electron chi connectivity index (χ2n) is 7.47. The number of sulfonamides is 1. The van der Waals surface area contributed by atoms with Crippen molar-refractivity contribution in [3.05, 3.63) is 100 Å². The highest BCUT2D eigenvalue weighted by molar-refractivity contribution is 7.98. The molecule has 2 N–H and O–H groups in total. The first kappa shape index (κ1) is 24.8. The molecule has 174 valence electrons. The zero-order valence-corrected chi connectivity index (χ0v) is 19.9. The molecule has 1 heterocycles. The van der Waals surface area contributed by atoms with E-state index in [0.29, 0.717) is 18.7 Å². The van der Waals surface area contributed by atoms with Crippen LogP contribution in [0.2, 0.25) is 0 Å². The summed E-state index contributed by atoms with van der Waals surface area (Å²) in [5, 5.41) is 2.83. The lowest BCUT2D eigenvalue weighted by Crippen LogP contribution is -2.46. The minimum atomic E-state index is -3.80.